The molecule has 4 aromatic rings. The van der Waals surface area contributed by atoms with Crippen LogP contribution in [0.2, 0.25) is 0 Å². The number of rotatable bonds is 5. The van der Waals surface area contributed by atoms with Crippen molar-refractivity contribution in [2.75, 3.05) is 0 Å². The van der Waals surface area contributed by atoms with Crippen molar-refractivity contribution in [3.8, 4) is 11.5 Å². The summed E-state index contributed by atoms with van der Waals surface area (Å²) in [6.45, 7) is 18.7. The monoisotopic (exact) mass is 589 g/mol. The second kappa shape index (κ2) is 9.94. The average Bonchev–Trinajstić information content (AvgIpc) is 3.31. The van der Waals surface area contributed by atoms with E-state index >= 15 is 0 Å². The van der Waals surface area contributed by atoms with E-state index in [-0.39, 0.29) is 28.3 Å². The number of hydrogen-bond donors (Lipinski definition) is 0. The Kier molecular flexibility index (Phi) is 6.62. The standard InChI is InChI=1S/C39H44NO2P/c1-25-19-31-35-33(21-25)41-43(40(27(3)29-15-11-9-12-16-29)28(4)30-17-13-10-14-18-30)42-34-22-26(2)20-32-36(34)39(35,23-37(31,5)6)24-38(32,7)8/h9-22,27-28H,23-24H2,1-8H3/t27-,28-,39?/m1/s1. The fourth-order valence-corrected chi connectivity index (χ4v) is 10.3. The van der Waals surface area contributed by atoms with Crippen molar-refractivity contribution in [3.05, 3.63) is 129 Å². The molecule has 1 spiro atoms. The maximum absolute atomic E-state index is 7.33. The summed E-state index contributed by atoms with van der Waals surface area (Å²) in [5, 5.41) is 0. The van der Waals surface area contributed by atoms with Gasteiger partial charge in [0.05, 0.1) is 0 Å². The van der Waals surface area contributed by atoms with Crippen molar-refractivity contribution in [1.29, 1.82) is 0 Å². The first-order chi connectivity index (χ1) is 20.4. The molecule has 2 aliphatic carbocycles. The van der Waals surface area contributed by atoms with Crippen molar-refractivity contribution >= 4 is 8.53 Å². The summed E-state index contributed by atoms with van der Waals surface area (Å²) >= 11 is 0. The molecular weight excluding hydrogens is 545 g/mol. The summed E-state index contributed by atoms with van der Waals surface area (Å²) < 4.78 is 17.1. The minimum atomic E-state index is -1.54. The minimum absolute atomic E-state index is 0.0285. The molecule has 2 atom stereocenters. The molecule has 0 unspecified atom stereocenters. The van der Waals surface area contributed by atoms with Crippen LogP contribution in [0.25, 0.3) is 0 Å². The van der Waals surface area contributed by atoms with E-state index in [9.17, 15) is 0 Å². The van der Waals surface area contributed by atoms with E-state index in [0.717, 1.165) is 24.3 Å². The van der Waals surface area contributed by atoms with E-state index in [1.54, 1.807) is 0 Å². The highest BCUT2D eigenvalue weighted by Gasteiger charge is 2.60. The first kappa shape index (κ1) is 28.6. The summed E-state index contributed by atoms with van der Waals surface area (Å²) in [5.74, 6) is 2.01. The quantitative estimate of drug-likeness (QED) is 0.216. The van der Waals surface area contributed by atoms with Crippen LogP contribution in [-0.4, -0.2) is 4.67 Å². The van der Waals surface area contributed by atoms with E-state index in [4.69, 9.17) is 9.05 Å². The lowest BCUT2D eigenvalue weighted by atomic mass is 9.72. The van der Waals surface area contributed by atoms with Crippen LogP contribution in [0, 0.1) is 13.8 Å². The molecule has 1 heterocycles. The van der Waals surface area contributed by atoms with Crippen LogP contribution >= 0.6 is 8.53 Å². The highest BCUT2D eigenvalue weighted by atomic mass is 31.2. The van der Waals surface area contributed by atoms with Gasteiger partial charge in [-0.1, -0.05) is 100 Å². The lowest BCUT2D eigenvalue weighted by Crippen LogP contribution is -2.32. The molecular formula is C39H44NO2P. The molecule has 0 saturated heterocycles. The molecule has 0 saturated carbocycles. The molecule has 3 aliphatic rings. The Labute approximate surface area is 259 Å². The smallest absolute Gasteiger partial charge is 0.385 e. The van der Waals surface area contributed by atoms with Gasteiger partial charge in [0.1, 0.15) is 11.5 Å². The maximum atomic E-state index is 7.33. The van der Waals surface area contributed by atoms with Gasteiger partial charge in [0.2, 0.25) is 0 Å². The Bertz CT molecular complexity index is 1570. The summed E-state index contributed by atoms with van der Waals surface area (Å²) in [7, 11) is -1.54. The third-order valence-electron chi connectivity index (χ3n) is 10.3. The van der Waals surface area contributed by atoms with Crippen LogP contribution in [0.15, 0.2) is 84.9 Å². The molecule has 0 radical (unpaired) electrons. The van der Waals surface area contributed by atoms with Crippen LogP contribution in [0.4, 0.5) is 0 Å². The van der Waals surface area contributed by atoms with Gasteiger partial charge >= 0.3 is 8.53 Å². The van der Waals surface area contributed by atoms with Gasteiger partial charge in [0.15, 0.2) is 0 Å². The predicted octanol–water partition coefficient (Wildman–Crippen LogP) is 10.8. The zero-order chi connectivity index (χ0) is 30.3. The van der Waals surface area contributed by atoms with Gasteiger partial charge in [0.25, 0.3) is 0 Å². The average molecular weight is 590 g/mol. The Morgan fingerprint density at radius 2 is 1.02 bits per heavy atom. The van der Waals surface area contributed by atoms with E-state index < -0.39 is 8.53 Å². The molecule has 0 N–H and O–H groups in total. The van der Waals surface area contributed by atoms with Crippen LogP contribution < -0.4 is 9.05 Å². The fourth-order valence-electron chi connectivity index (χ4n) is 8.61. The first-order valence-electron chi connectivity index (χ1n) is 15.8. The normalized spacial score (nSPS) is 20.3. The van der Waals surface area contributed by atoms with Gasteiger partial charge in [-0.2, -0.15) is 0 Å². The number of nitrogens with zero attached hydrogens (tertiary/aromatic N) is 1. The number of aryl methyl sites for hydroxylation is 2. The van der Waals surface area contributed by atoms with Crippen molar-refractivity contribution in [2.24, 2.45) is 0 Å². The minimum Gasteiger partial charge on any atom is -0.427 e. The molecule has 7 rings (SSSR count). The summed E-state index contributed by atoms with van der Waals surface area (Å²) in [5.41, 5.74) is 10.6. The first-order valence-corrected chi connectivity index (χ1v) is 16.9. The topological polar surface area (TPSA) is 21.7 Å². The van der Waals surface area contributed by atoms with E-state index in [1.165, 1.54) is 44.5 Å². The molecule has 0 aromatic heterocycles. The third kappa shape index (κ3) is 4.46. The molecule has 43 heavy (non-hydrogen) atoms. The van der Waals surface area contributed by atoms with Gasteiger partial charge in [0, 0.05) is 28.6 Å². The number of hydrogen-bond acceptors (Lipinski definition) is 3. The van der Waals surface area contributed by atoms with Gasteiger partial charge in [-0.15, -0.1) is 0 Å². The second-order valence-corrected chi connectivity index (χ2v) is 15.9. The van der Waals surface area contributed by atoms with Gasteiger partial charge in [-0.25, -0.2) is 4.67 Å². The molecule has 4 heteroatoms. The van der Waals surface area contributed by atoms with Crippen molar-refractivity contribution in [3.63, 3.8) is 0 Å². The Morgan fingerprint density at radius 1 is 0.628 bits per heavy atom. The Hall–Kier alpha value is -3.13. The van der Waals surface area contributed by atoms with E-state index in [1.807, 2.05) is 0 Å². The lowest BCUT2D eigenvalue weighted by molar-refractivity contribution is 0.243. The zero-order valence-electron chi connectivity index (χ0n) is 26.9. The van der Waals surface area contributed by atoms with Crippen molar-refractivity contribution < 1.29 is 9.05 Å². The molecule has 222 valence electrons. The lowest BCUT2D eigenvalue weighted by Gasteiger charge is -2.41. The van der Waals surface area contributed by atoms with Crippen molar-refractivity contribution in [1.82, 2.24) is 4.67 Å². The highest BCUT2D eigenvalue weighted by molar-refractivity contribution is 7.45. The zero-order valence-corrected chi connectivity index (χ0v) is 27.8. The largest absolute Gasteiger partial charge is 0.427 e. The summed E-state index contributed by atoms with van der Waals surface area (Å²) in [6, 6.07) is 31.1. The molecule has 0 bridgehead atoms. The van der Waals surface area contributed by atoms with E-state index in [2.05, 4.69) is 145 Å². The third-order valence-corrected chi connectivity index (χ3v) is 12.1. The van der Waals surface area contributed by atoms with Crippen LogP contribution in [0.1, 0.15) is 111 Å². The molecule has 0 fully saturated rings. The Balaban J connectivity index is 1.49. The van der Waals surface area contributed by atoms with Crippen LogP contribution in [0.3, 0.4) is 0 Å². The predicted molar refractivity (Wildman–Crippen MR) is 178 cm³/mol. The molecule has 3 nitrogen and oxygen atoms in total. The fraction of sp³-hybridized carbons (Fsp3) is 0.385. The summed E-state index contributed by atoms with van der Waals surface area (Å²) in [4.78, 5) is 0. The SMILES string of the molecule is Cc1cc2c3c(c1)C(C)(C)CC31CC(C)(C)c3cc(C)cc(c31)OP(N([C@H](C)c1ccccc1)[C@H](C)c1ccccc1)O2. The van der Waals surface area contributed by atoms with Crippen molar-refractivity contribution in [2.45, 2.75) is 96.6 Å². The van der Waals surface area contributed by atoms with Gasteiger partial charge in [-0.05, 0) is 96.9 Å². The molecule has 4 aromatic carbocycles. The van der Waals surface area contributed by atoms with E-state index in [0.29, 0.717) is 0 Å². The maximum Gasteiger partial charge on any atom is 0.385 e. The Morgan fingerprint density at radius 3 is 1.42 bits per heavy atom. The van der Waals surface area contributed by atoms with Gasteiger partial charge in [-0.3, -0.25) is 0 Å². The van der Waals surface area contributed by atoms with Crippen LogP contribution in [0.5, 0.6) is 11.5 Å². The molecule has 1 aliphatic heterocycles. The van der Waals surface area contributed by atoms with Gasteiger partial charge < -0.3 is 9.05 Å². The highest BCUT2D eigenvalue weighted by Crippen LogP contribution is 2.69. The van der Waals surface area contributed by atoms with Crippen LogP contribution in [-0.2, 0) is 16.2 Å². The summed E-state index contributed by atoms with van der Waals surface area (Å²) in [6.07, 6.45) is 2.13. The second-order valence-electron chi connectivity index (χ2n) is 14.5. The molecule has 0 amide bonds. The number of benzene rings is 4.